The maximum Gasteiger partial charge on any atom is 0.408 e. The number of amides is 4. The van der Waals surface area contributed by atoms with Crippen molar-refractivity contribution in [1.82, 2.24) is 20.3 Å². The standard InChI is InChI=1S/C40H52N4O9S/c1-7-26-22-40(26,36(47)43-54(49,50)29-20-21-29)42-34(45)31-23-39(52-6,27-18-16-25(17-19-27)30-14-10-11-15-32(30)51-5)24-44(31)35(46)33(38(2,3)4)41-37(48)53-28-12-8-9-13-28/h7,10-11,14-19,26,28-29,31,33H,1,8-9,12-13,20-24H2,2-6H3,(H,41,48)(H,42,45)(H,43,47)/t26-,31+,33-,39+,40-/m1/s1. The number of ether oxygens (including phenoxy) is 3. The second kappa shape index (κ2) is 15.0. The quantitative estimate of drug-likeness (QED) is 0.248. The summed E-state index contributed by atoms with van der Waals surface area (Å²) in [5.41, 5.74) is -1.05. The molecule has 0 aromatic heterocycles. The van der Waals surface area contributed by atoms with Crippen molar-refractivity contribution in [2.45, 2.75) is 107 Å². The van der Waals surface area contributed by atoms with Crippen LogP contribution in [0.5, 0.6) is 5.75 Å². The molecule has 3 aliphatic carbocycles. The Balaban J connectivity index is 1.32. The minimum Gasteiger partial charge on any atom is -0.496 e. The molecule has 3 saturated carbocycles. The summed E-state index contributed by atoms with van der Waals surface area (Å²) in [5, 5.41) is 4.99. The molecule has 13 nitrogen and oxygen atoms in total. The first-order chi connectivity index (χ1) is 25.6. The van der Waals surface area contributed by atoms with Gasteiger partial charge in [-0.1, -0.05) is 69.3 Å². The zero-order valence-electron chi connectivity index (χ0n) is 31.7. The SMILES string of the molecule is C=C[C@@H]1C[C@]1(NC(=O)[C@@H]1C[C@@](OC)(c2ccc(-c3ccccc3OC)cc2)CN1C(=O)[C@@H](NC(=O)OC1CCCC1)C(C)(C)C)C(=O)NS(=O)(=O)C1CC1. The lowest BCUT2D eigenvalue weighted by Crippen LogP contribution is -2.60. The third-order valence-corrected chi connectivity index (χ3v) is 13.1. The van der Waals surface area contributed by atoms with Crippen molar-refractivity contribution in [3.8, 4) is 16.9 Å². The molecule has 4 amide bonds. The molecule has 2 aromatic rings. The van der Waals surface area contributed by atoms with Crippen molar-refractivity contribution in [3.63, 3.8) is 0 Å². The van der Waals surface area contributed by atoms with E-state index in [2.05, 4.69) is 21.9 Å². The summed E-state index contributed by atoms with van der Waals surface area (Å²) < 4.78 is 45.2. The minimum absolute atomic E-state index is 0.00922. The Hall–Kier alpha value is -4.43. The largest absolute Gasteiger partial charge is 0.496 e. The van der Waals surface area contributed by atoms with Crippen molar-refractivity contribution in [3.05, 3.63) is 66.7 Å². The summed E-state index contributed by atoms with van der Waals surface area (Å²) in [6, 6.07) is 13.0. The predicted molar refractivity (Wildman–Crippen MR) is 202 cm³/mol. The number of nitrogens with one attached hydrogen (secondary N) is 3. The topological polar surface area (TPSA) is 169 Å². The third kappa shape index (κ3) is 7.86. The van der Waals surface area contributed by atoms with Gasteiger partial charge in [0.25, 0.3) is 5.91 Å². The fraction of sp³-hybridized carbons (Fsp3) is 0.550. The van der Waals surface area contributed by atoms with Crippen molar-refractivity contribution < 1.29 is 41.8 Å². The van der Waals surface area contributed by atoms with Gasteiger partial charge < -0.3 is 29.7 Å². The van der Waals surface area contributed by atoms with Crippen molar-refractivity contribution in [2.75, 3.05) is 20.8 Å². The Kier molecular flexibility index (Phi) is 10.9. The summed E-state index contributed by atoms with van der Waals surface area (Å²) in [5.74, 6) is -1.84. The molecule has 54 heavy (non-hydrogen) atoms. The van der Waals surface area contributed by atoms with Gasteiger partial charge in [-0.05, 0) is 67.6 Å². The molecule has 292 valence electrons. The van der Waals surface area contributed by atoms with Crippen LogP contribution in [0.15, 0.2) is 61.2 Å². The number of hydrogen-bond donors (Lipinski definition) is 3. The number of carbonyl (C=O) groups excluding carboxylic acids is 4. The van der Waals surface area contributed by atoms with Gasteiger partial charge in [0.15, 0.2) is 0 Å². The van der Waals surface area contributed by atoms with Crippen LogP contribution in [-0.4, -0.2) is 86.9 Å². The molecule has 4 aliphatic rings. The van der Waals surface area contributed by atoms with E-state index in [0.29, 0.717) is 24.2 Å². The Morgan fingerprint density at radius 2 is 1.63 bits per heavy atom. The molecule has 0 unspecified atom stereocenters. The molecule has 4 fully saturated rings. The molecule has 0 bridgehead atoms. The van der Waals surface area contributed by atoms with Crippen LogP contribution in [0.25, 0.3) is 11.1 Å². The van der Waals surface area contributed by atoms with Crippen molar-refractivity contribution in [1.29, 1.82) is 0 Å². The second-order valence-electron chi connectivity index (χ2n) is 16.1. The highest BCUT2D eigenvalue weighted by Gasteiger charge is 2.62. The summed E-state index contributed by atoms with van der Waals surface area (Å²) >= 11 is 0. The van der Waals surface area contributed by atoms with E-state index < -0.39 is 73.6 Å². The number of benzene rings is 2. The number of carbonyl (C=O) groups is 4. The van der Waals surface area contributed by atoms with E-state index in [4.69, 9.17) is 14.2 Å². The molecule has 1 heterocycles. The molecule has 6 rings (SSSR count). The fourth-order valence-corrected chi connectivity index (χ4v) is 9.16. The van der Waals surface area contributed by atoms with Gasteiger partial charge in [-0.25, -0.2) is 13.2 Å². The Morgan fingerprint density at radius 3 is 2.20 bits per heavy atom. The van der Waals surface area contributed by atoms with Gasteiger partial charge in [0.2, 0.25) is 21.8 Å². The molecule has 14 heteroatoms. The Morgan fingerprint density at radius 1 is 0.963 bits per heavy atom. The smallest absolute Gasteiger partial charge is 0.408 e. The third-order valence-electron chi connectivity index (χ3n) is 11.3. The van der Waals surface area contributed by atoms with Crippen LogP contribution < -0.4 is 20.1 Å². The maximum absolute atomic E-state index is 14.8. The first-order valence-electron chi connectivity index (χ1n) is 18.6. The van der Waals surface area contributed by atoms with E-state index in [1.807, 2.05) is 69.3 Å². The van der Waals surface area contributed by atoms with Gasteiger partial charge in [0.1, 0.15) is 35.1 Å². The van der Waals surface area contributed by atoms with Crippen LogP contribution in [0.2, 0.25) is 0 Å². The highest BCUT2D eigenvalue weighted by Crippen LogP contribution is 2.47. The van der Waals surface area contributed by atoms with E-state index in [0.717, 1.165) is 36.8 Å². The average molecular weight is 765 g/mol. The van der Waals surface area contributed by atoms with E-state index in [9.17, 15) is 27.6 Å². The van der Waals surface area contributed by atoms with Gasteiger partial charge in [-0.15, -0.1) is 6.58 Å². The van der Waals surface area contributed by atoms with Crippen LogP contribution in [-0.2, 0) is 39.5 Å². The molecular weight excluding hydrogens is 713 g/mol. The zero-order valence-corrected chi connectivity index (χ0v) is 32.5. The lowest BCUT2D eigenvalue weighted by Gasteiger charge is -2.36. The first-order valence-corrected chi connectivity index (χ1v) is 20.2. The van der Waals surface area contributed by atoms with E-state index in [-0.39, 0.29) is 25.5 Å². The highest BCUT2D eigenvalue weighted by molar-refractivity contribution is 7.91. The molecular formula is C40H52N4O9S. The van der Waals surface area contributed by atoms with Crippen LogP contribution in [0.4, 0.5) is 4.79 Å². The molecule has 5 atom stereocenters. The van der Waals surface area contributed by atoms with Crippen LogP contribution >= 0.6 is 0 Å². The van der Waals surface area contributed by atoms with Crippen molar-refractivity contribution in [2.24, 2.45) is 11.3 Å². The van der Waals surface area contributed by atoms with Gasteiger partial charge in [-0.3, -0.25) is 19.1 Å². The van der Waals surface area contributed by atoms with Gasteiger partial charge in [-0.2, -0.15) is 0 Å². The summed E-state index contributed by atoms with van der Waals surface area (Å²) in [6.07, 6.45) is 5.08. The van der Waals surface area contributed by atoms with Gasteiger partial charge in [0.05, 0.1) is 18.9 Å². The number of nitrogens with zero attached hydrogens (tertiary/aromatic N) is 1. The predicted octanol–water partition coefficient (Wildman–Crippen LogP) is 4.56. The van der Waals surface area contributed by atoms with E-state index in [1.54, 1.807) is 7.11 Å². The molecule has 2 aromatic carbocycles. The first kappa shape index (κ1) is 39.3. The van der Waals surface area contributed by atoms with Crippen molar-refractivity contribution >= 4 is 33.8 Å². The van der Waals surface area contributed by atoms with E-state index >= 15 is 0 Å². The number of likely N-dealkylation sites (tertiary alicyclic amines) is 1. The molecule has 1 saturated heterocycles. The van der Waals surface area contributed by atoms with E-state index in [1.165, 1.54) is 18.1 Å². The normalized spacial score (nSPS) is 26.1. The average Bonchev–Trinajstić information content (AvgIpc) is 4.03. The second-order valence-corrected chi connectivity index (χ2v) is 18.1. The number of hydrogen-bond acceptors (Lipinski definition) is 9. The monoisotopic (exact) mass is 764 g/mol. The summed E-state index contributed by atoms with van der Waals surface area (Å²) in [6.45, 7) is 9.19. The molecule has 0 radical (unpaired) electrons. The Labute approximate surface area is 317 Å². The number of rotatable bonds is 13. The van der Waals surface area contributed by atoms with Crippen LogP contribution in [0.1, 0.15) is 77.7 Å². The number of methoxy groups -OCH3 is 2. The number of para-hydroxylation sites is 1. The summed E-state index contributed by atoms with van der Waals surface area (Å²) in [4.78, 5) is 57.4. The minimum atomic E-state index is -3.90. The lowest BCUT2D eigenvalue weighted by atomic mass is 9.85. The molecule has 3 N–H and O–H groups in total. The lowest BCUT2D eigenvalue weighted by molar-refractivity contribution is -0.143. The van der Waals surface area contributed by atoms with Crippen LogP contribution in [0, 0.1) is 11.3 Å². The van der Waals surface area contributed by atoms with Crippen LogP contribution in [0.3, 0.4) is 0 Å². The fourth-order valence-electron chi connectivity index (χ4n) is 7.79. The Bertz CT molecular complexity index is 1880. The number of sulfonamides is 1. The molecule has 1 aliphatic heterocycles. The zero-order chi connectivity index (χ0) is 39.1. The summed E-state index contributed by atoms with van der Waals surface area (Å²) in [7, 11) is -0.782. The maximum atomic E-state index is 14.8. The van der Waals surface area contributed by atoms with Gasteiger partial charge >= 0.3 is 6.09 Å². The van der Waals surface area contributed by atoms with Gasteiger partial charge in [0, 0.05) is 25.0 Å². The molecule has 0 spiro atoms. The highest BCUT2D eigenvalue weighted by atomic mass is 32.2. The number of alkyl carbamates (subject to hydrolysis) is 1.